The molecule has 0 unspecified atom stereocenters. The minimum Gasteiger partial charge on any atom is -0.508 e. The van der Waals surface area contributed by atoms with Crippen LogP contribution in [0.4, 0.5) is 0 Å². The lowest BCUT2D eigenvalue weighted by atomic mass is 9.96. The molecule has 2 nitrogen and oxygen atoms in total. The molecule has 2 heteroatoms. The van der Waals surface area contributed by atoms with Gasteiger partial charge in [0.05, 0.1) is 0 Å². The molecule has 0 atom stereocenters. The molecule has 0 saturated carbocycles. The van der Waals surface area contributed by atoms with Crippen LogP contribution in [-0.4, -0.2) is 10.2 Å². The van der Waals surface area contributed by atoms with Crippen LogP contribution in [0.3, 0.4) is 0 Å². The SMILES string of the molecule is Cc1c(O)cc(C(C)C)c(O)c1C. The predicted octanol–water partition coefficient (Wildman–Crippen LogP) is 2.84. The van der Waals surface area contributed by atoms with Crippen molar-refractivity contribution in [2.24, 2.45) is 0 Å². The molecule has 0 saturated heterocycles. The third-order valence-electron chi connectivity index (χ3n) is 2.49. The van der Waals surface area contributed by atoms with Gasteiger partial charge in [-0.15, -0.1) is 0 Å². The van der Waals surface area contributed by atoms with Crippen molar-refractivity contribution in [2.45, 2.75) is 33.6 Å². The van der Waals surface area contributed by atoms with Crippen LogP contribution in [0.2, 0.25) is 0 Å². The first kappa shape index (κ1) is 9.90. The molecule has 1 aromatic rings. The fraction of sp³-hybridized carbons (Fsp3) is 0.455. The van der Waals surface area contributed by atoms with Gasteiger partial charge in [0.1, 0.15) is 11.5 Å². The smallest absolute Gasteiger partial charge is 0.122 e. The number of hydrogen-bond acceptors (Lipinski definition) is 2. The van der Waals surface area contributed by atoms with E-state index in [2.05, 4.69) is 0 Å². The lowest BCUT2D eigenvalue weighted by Gasteiger charge is -2.13. The maximum absolute atomic E-state index is 9.76. The van der Waals surface area contributed by atoms with Crippen LogP contribution in [0.1, 0.15) is 36.5 Å². The van der Waals surface area contributed by atoms with Crippen LogP contribution < -0.4 is 0 Å². The van der Waals surface area contributed by atoms with E-state index in [1.54, 1.807) is 13.0 Å². The van der Waals surface area contributed by atoms with Gasteiger partial charge in [-0.1, -0.05) is 13.8 Å². The van der Waals surface area contributed by atoms with Crippen molar-refractivity contribution in [2.75, 3.05) is 0 Å². The van der Waals surface area contributed by atoms with E-state index in [9.17, 15) is 10.2 Å². The minimum absolute atomic E-state index is 0.227. The normalized spacial score (nSPS) is 10.8. The third-order valence-corrected chi connectivity index (χ3v) is 2.49. The summed E-state index contributed by atoms with van der Waals surface area (Å²) in [6.07, 6.45) is 0. The van der Waals surface area contributed by atoms with Gasteiger partial charge < -0.3 is 10.2 Å². The van der Waals surface area contributed by atoms with Crippen molar-refractivity contribution in [1.82, 2.24) is 0 Å². The summed E-state index contributed by atoms with van der Waals surface area (Å²) in [5.41, 5.74) is 2.33. The first-order valence-corrected chi connectivity index (χ1v) is 4.47. The fourth-order valence-electron chi connectivity index (χ4n) is 1.35. The molecule has 72 valence electrons. The molecule has 1 aromatic carbocycles. The molecule has 0 bridgehead atoms. The van der Waals surface area contributed by atoms with Gasteiger partial charge in [0.15, 0.2) is 0 Å². The topological polar surface area (TPSA) is 40.5 Å². The molecular formula is C11H16O2. The summed E-state index contributed by atoms with van der Waals surface area (Å²) in [5, 5.41) is 19.3. The Balaban J connectivity index is 3.41. The summed E-state index contributed by atoms with van der Waals surface area (Å²) in [7, 11) is 0. The molecule has 0 fully saturated rings. The Morgan fingerprint density at radius 3 is 2.08 bits per heavy atom. The monoisotopic (exact) mass is 180 g/mol. The summed E-state index contributed by atoms with van der Waals surface area (Å²) in [6.45, 7) is 7.59. The highest BCUT2D eigenvalue weighted by Crippen LogP contribution is 2.35. The molecule has 0 aliphatic carbocycles. The first-order valence-electron chi connectivity index (χ1n) is 4.47. The maximum atomic E-state index is 9.76. The zero-order chi connectivity index (χ0) is 10.2. The Bertz CT molecular complexity index is 327. The number of rotatable bonds is 1. The van der Waals surface area contributed by atoms with E-state index in [0.29, 0.717) is 5.75 Å². The van der Waals surface area contributed by atoms with E-state index in [1.807, 2.05) is 20.8 Å². The number of benzene rings is 1. The molecule has 0 aliphatic heterocycles. The highest BCUT2D eigenvalue weighted by atomic mass is 16.3. The molecule has 0 spiro atoms. The average Bonchev–Trinajstić information content (AvgIpc) is 2.07. The minimum atomic E-state index is 0.227. The average molecular weight is 180 g/mol. The summed E-state index contributed by atoms with van der Waals surface area (Å²) in [6, 6.07) is 1.64. The van der Waals surface area contributed by atoms with Crippen molar-refractivity contribution in [3.8, 4) is 11.5 Å². The third kappa shape index (κ3) is 1.62. The number of aromatic hydroxyl groups is 2. The second kappa shape index (κ2) is 3.29. The van der Waals surface area contributed by atoms with Crippen LogP contribution in [0.5, 0.6) is 11.5 Å². The zero-order valence-corrected chi connectivity index (χ0v) is 8.55. The standard InChI is InChI=1S/C11H16O2/c1-6(2)9-5-10(12)7(3)8(4)11(9)13/h5-6,12-13H,1-4H3. The summed E-state index contributed by atoms with van der Waals surface area (Å²) in [4.78, 5) is 0. The van der Waals surface area contributed by atoms with Crippen LogP contribution in [-0.2, 0) is 0 Å². The van der Waals surface area contributed by atoms with Crippen LogP contribution in [0.25, 0.3) is 0 Å². The van der Waals surface area contributed by atoms with Crippen molar-refractivity contribution in [3.63, 3.8) is 0 Å². The van der Waals surface area contributed by atoms with Crippen molar-refractivity contribution in [1.29, 1.82) is 0 Å². The van der Waals surface area contributed by atoms with E-state index >= 15 is 0 Å². The Morgan fingerprint density at radius 1 is 1.08 bits per heavy atom. The Labute approximate surface area is 78.8 Å². The summed E-state index contributed by atoms with van der Waals surface area (Å²) >= 11 is 0. The van der Waals surface area contributed by atoms with E-state index in [0.717, 1.165) is 16.7 Å². The van der Waals surface area contributed by atoms with Gasteiger partial charge in [-0.2, -0.15) is 0 Å². The molecule has 2 N–H and O–H groups in total. The second-order valence-electron chi connectivity index (χ2n) is 3.74. The van der Waals surface area contributed by atoms with Crippen LogP contribution in [0, 0.1) is 13.8 Å². The number of hydrogen-bond donors (Lipinski definition) is 2. The number of phenolic OH excluding ortho intramolecular Hbond substituents is 2. The molecule has 0 aliphatic rings. The number of phenols is 2. The first-order chi connectivity index (χ1) is 5.95. The van der Waals surface area contributed by atoms with Gasteiger partial charge in [-0.25, -0.2) is 0 Å². The zero-order valence-electron chi connectivity index (χ0n) is 8.55. The second-order valence-corrected chi connectivity index (χ2v) is 3.74. The van der Waals surface area contributed by atoms with E-state index in [1.165, 1.54) is 0 Å². The van der Waals surface area contributed by atoms with Gasteiger partial charge in [0.25, 0.3) is 0 Å². The summed E-state index contributed by atoms with van der Waals surface area (Å²) in [5.74, 6) is 0.800. The molecule has 0 heterocycles. The Morgan fingerprint density at radius 2 is 1.62 bits per heavy atom. The highest BCUT2D eigenvalue weighted by Gasteiger charge is 2.13. The van der Waals surface area contributed by atoms with E-state index in [-0.39, 0.29) is 11.7 Å². The molecule has 0 radical (unpaired) electrons. The van der Waals surface area contributed by atoms with Crippen LogP contribution >= 0.6 is 0 Å². The Kier molecular flexibility index (Phi) is 2.50. The molecule has 1 rings (SSSR count). The van der Waals surface area contributed by atoms with E-state index in [4.69, 9.17) is 0 Å². The van der Waals surface area contributed by atoms with Crippen LogP contribution in [0.15, 0.2) is 6.07 Å². The lowest BCUT2D eigenvalue weighted by molar-refractivity contribution is 0.444. The van der Waals surface area contributed by atoms with Gasteiger partial charge in [0.2, 0.25) is 0 Å². The predicted molar refractivity (Wildman–Crippen MR) is 53.3 cm³/mol. The van der Waals surface area contributed by atoms with Crippen molar-refractivity contribution >= 4 is 0 Å². The molecule has 13 heavy (non-hydrogen) atoms. The quantitative estimate of drug-likeness (QED) is 0.652. The Hall–Kier alpha value is -1.18. The highest BCUT2D eigenvalue weighted by molar-refractivity contribution is 5.52. The lowest BCUT2D eigenvalue weighted by Crippen LogP contribution is -1.93. The molecular weight excluding hydrogens is 164 g/mol. The summed E-state index contributed by atoms with van der Waals surface area (Å²) < 4.78 is 0. The van der Waals surface area contributed by atoms with Gasteiger partial charge in [-0.3, -0.25) is 0 Å². The van der Waals surface area contributed by atoms with Crippen molar-refractivity contribution in [3.05, 3.63) is 22.8 Å². The molecule has 0 amide bonds. The van der Waals surface area contributed by atoms with Gasteiger partial charge >= 0.3 is 0 Å². The largest absolute Gasteiger partial charge is 0.508 e. The van der Waals surface area contributed by atoms with E-state index < -0.39 is 0 Å². The van der Waals surface area contributed by atoms with Gasteiger partial charge in [-0.05, 0) is 37.0 Å². The molecule has 0 aromatic heterocycles. The van der Waals surface area contributed by atoms with Crippen molar-refractivity contribution < 1.29 is 10.2 Å². The van der Waals surface area contributed by atoms with Gasteiger partial charge in [0, 0.05) is 5.56 Å². The fourth-order valence-corrected chi connectivity index (χ4v) is 1.35. The maximum Gasteiger partial charge on any atom is 0.122 e.